The molecule has 0 amide bonds. The van der Waals surface area contributed by atoms with Gasteiger partial charge in [-0.1, -0.05) is 0 Å². The Labute approximate surface area is 98.8 Å². The Hall–Kier alpha value is -2.13. The maximum Gasteiger partial charge on any atom is 0.270 e. The van der Waals surface area contributed by atoms with E-state index >= 15 is 0 Å². The lowest BCUT2D eigenvalue weighted by molar-refractivity contribution is -0.384. The molecule has 0 aliphatic heterocycles. The topological polar surface area (TPSA) is 102 Å². The maximum atomic E-state index is 10.6. The van der Waals surface area contributed by atoms with Crippen molar-refractivity contribution in [3.63, 3.8) is 0 Å². The van der Waals surface area contributed by atoms with Crippen LogP contribution in [0.2, 0.25) is 0 Å². The summed E-state index contributed by atoms with van der Waals surface area (Å²) in [6, 6.07) is 6.32. The molecule has 0 saturated carbocycles. The quantitative estimate of drug-likeness (QED) is 0.459. The van der Waals surface area contributed by atoms with Crippen LogP contribution in [0.3, 0.4) is 0 Å². The molecule has 0 atom stereocenters. The van der Waals surface area contributed by atoms with E-state index in [4.69, 9.17) is 15.7 Å². The molecule has 0 saturated heterocycles. The van der Waals surface area contributed by atoms with Gasteiger partial charge in [-0.15, -0.1) is 0 Å². The Balaban J connectivity index is 2.72. The zero-order valence-electron chi connectivity index (χ0n) is 9.26. The molecule has 6 heteroatoms. The first kappa shape index (κ1) is 12.9. The van der Waals surface area contributed by atoms with E-state index in [0.717, 1.165) is 0 Å². The predicted molar refractivity (Wildman–Crippen MR) is 61.3 cm³/mol. The summed E-state index contributed by atoms with van der Waals surface area (Å²) in [6.45, 7) is 0.577. The number of ether oxygens (including phenoxy) is 1. The molecule has 0 fully saturated rings. The smallest absolute Gasteiger partial charge is 0.270 e. The molecule has 0 aromatic heterocycles. The average molecular weight is 235 g/mol. The second-order valence-electron chi connectivity index (χ2n) is 3.36. The zero-order valence-corrected chi connectivity index (χ0v) is 9.26. The summed E-state index contributed by atoms with van der Waals surface area (Å²) in [6.07, 6.45) is 1.04. The number of benzene rings is 1. The van der Waals surface area contributed by atoms with Crippen molar-refractivity contribution in [3.8, 4) is 11.8 Å². The number of unbranched alkanes of at least 4 members (excludes halogenated alkanes) is 1. The highest BCUT2D eigenvalue weighted by molar-refractivity contribution is 5.43. The van der Waals surface area contributed by atoms with E-state index < -0.39 is 4.92 Å². The van der Waals surface area contributed by atoms with Gasteiger partial charge in [-0.05, 0) is 12.5 Å². The van der Waals surface area contributed by atoms with Gasteiger partial charge in [0.05, 0.1) is 17.6 Å². The van der Waals surface area contributed by atoms with Crippen LogP contribution in [0.1, 0.15) is 18.4 Å². The second-order valence-corrected chi connectivity index (χ2v) is 3.36. The Morgan fingerprint density at radius 2 is 2.29 bits per heavy atom. The number of hydrogen-bond donors (Lipinski definition) is 1. The summed E-state index contributed by atoms with van der Waals surface area (Å²) in [4.78, 5) is 10.1. The second kappa shape index (κ2) is 6.45. The van der Waals surface area contributed by atoms with Crippen LogP contribution in [-0.4, -0.2) is 11.5 Å². The molecule has 0 aliphatic rings. The molecule has 0 spiro atoms. The molecular weight excluding hydrogens is 222 g/mol. The zero-order chi connectivity index (χ0) is 12.7. The van der Waals surface area contributed by atoms with Crippen LogP contribution in [0, 0.1) is 21.4 Å². The first-order chi connectivity index (χ1) is 8.19. The molecule has 0 unspecified atom stereocenters. The Morgan fingerprint density at radius 3 is 2.88 bits per heavy atom. The highest BCUT2D eigenvalue weighted by Gasteiger charge is 2.10. The van der Waals surface area contributed by atoms with Gasteiger partial charge >= 0.3 is 0 Å². The molecule has 0 bridgehead atoms. The maximum absolute atomic E-state index is 10.6. The highest BCUT2D eigenvalue weighted by Crippen LogP contribution is 2.23. The molecule has 2 N–H and O–H groups in total. The molecule has 0 radical (unpaired) electrons. The van der Waals surface area contributed by atoms with Crippen molar-refractivity contribution in [2.45, 2.75) is 19.4 Å². The number of nitrogens with zero attached hydrogens (tertiary/aromatic N) is 2. The fourth-order valence-corrected chi connectivity index (χ4v) is 1.31. The monoisotopic (exact) mass is 235 g/mol. The minimum absolute atomic E-state index is 0.00479. The Kier molecular flexibility index (Phi) is 4.91. The molecule has 1 aromatic rings. The van der Waals surface area contributed by atoms with Crippen molar-refractivity contribution < 1.29 is 9.66 Å². The van der Waals surface area contributed by atoms with Gasteiger partial charge in [-0.2, -0.15) is 5.26 Å². The van der Waals surface area contributed by atoms with E-state index in [1.807, 2.05) is 6.07 Å². The highest BCUT2D eigenvalue weighted by atomic mass is 16.6. The van der Waals surface area contributed by atoms with E-state index in [9.17, 15) is 10.1 Å². The summed E-state index contributed by atoms with van der Waals surface area (Å²) in [5.41, 5.74) is 6.08. The third-order valence-electron chi connectivity index (χ3n) is 2.17. The van der Waals surface area contributed by atoms with Gasteiger partial charge in [0.2, 0.25) is 0 Å². The van der Waals surface area contributed by atoms with Crippen LogP contribution >= 0.6 is 0 Å². The standard InChI is InChI=1S/C11H13N3O3/c12-5-1-2-6-17-11-4-3-10(14(15)16)7-9(11)8-13/h3-4,7H,1-2,6,8,13H2. The molecule has 1 rings (SSSR count). The van der Waals surface area contributed by atoms with Crippen LogP contribution in [0.5, 0.6) is 5.75 Å². The van der Waals surface area contributed by atoms with Crippen LogP contribution < -0.4 is 10.5 Å². The lowest BCUT2D eigenvalue weighted by Gasteiger charge is -2.09. The van der Waals surface area contributed by atoms with Crippen molar-refractivity contribution >= 4 is 5.69 Å². The lowest BCUT2D eigenvalue weighted by atomic mass is 10.2. The molecule has 6 nitrogen and oxygen atoms in total. The van der Waals surface area contributed by atoms with Gasteiger partial charge < -0.3 is 10.5 Å². The van der Waals surface area contributed by atoms with E-state index in [0.29, 0.717) is 30.8 Å². The minimum atomic E-state index is -0.474. The van der Waals surface area contributed by atoms with Gasteiger partial charge in [-0.3, -0.25) is 10.1 Å². The number of hydrogen-bond acceptors (Lipinski definition) is 5. The van der Waals surface area contributed by atoms with Gasteiger partial charge in [0.1, 0.15) is 5.75 Å². The first-order valence-electron chi connectivity index (χ1n) is 5.16. The van der Waals surface area contributed by atoms with Crippen LogP contribution in [-0.2, 0) is 6.54 Å². The fourth-order valence-electron chi connectivity index (χ4n) is 1.31. The normalized spacial score (nSPS) is 9.65. The number of rotatable bonds is 6. The molecule has 0 aliphatic carbocycles. The third kappa shape index (κ3) is 3.74. The van der Waals surface area contributed by atoms with Gasteiger partial charge in [-0.25, -0.2) is 0 Å². The van der Waals surface area contributed by atoms with E-state index in [2.05, 4.69) is 0 Å². The summed E-state index contributed by atoms with van der Waals surface area (Å²) in [5.74, 6) is 0.538. The number of nitriles is 1. The largest absolute Gasteiger partial charge is 0.493 e. The van der Waals surface area contributed by atoms with Gasteiger partial charge in [0, 0.05) is 30.7 Å². The minimum Gasteiger partial charge on any atom is -0.493 e. The van der Waals surface area contributed by atoms with E-state index in [1.54, 1.807) is 0 Å². The molecule has 17 heavy (non-hydrogen) atoms. The number of nitro benzene ring substituents is 1. The van der Waals surface area contributed by atoms with Gasteiger partial charge in [0.25, 0.3) is 5.69 Å². The van der Waals surface area contributed by atoms with Crippen LogP contribution in [0.25, 0.3) is 0 Å². The summed E-state index contributed by atoms with van der Waals surface area (Å²) in [5, 5.41) is 18.9. The van der Waals surface area contributed by atoms with Crippen molar-refractivity contribution in [2.75, 3.05) is 6.61 Å². The molecule has 1 aromatic carbocycles. The molecular formula is C11H13N3O3. The number of non-ortho nitro benzene ring substituents is 1. The molecule has 90 valence electrons. The van der Waals surface area contributed by atoms with Gasteiger partial charge in [0.15, 0.2) is 0 Å². The lowest BCUT2D eigenvalue weighted by Crippen LogP contribution is -2.04. The van der Waals surface area contributed by atoms with Crippen LogP contribution in [0.15, 0.2) is 18.2 Å². The van der Waals surface area contributed by atoms with E-state index in [1.165, 1.54) is 18.2 Å². The number of nitro groups is 1. The van der Waals surface area contributed by atoms with E-state index in [-0.39, 0.29) is 12.2 Å². The summed E-state index contributed by atoms with van der Waals surface area (Å²) >= 11 is 0. The third-order valence-corrected chi connectivity index (χ3v) is 2.17. The van der Waals surface area contributed by atoms with Crippen molar-refractivity contribution in [1.82, 2.24) is 0 Å². The Bertz CT molecular complexity index is 440. The SMILES string of the molecule is N#CCCCOc1ccc([N+](=O)[O-])cc1CN. The van der Waals surface area contributed by atoms with Crippen molar-refractivity contribution in [1.29, 1.82) is 5.26 Å². The first-order valence-corrected chi connectivity index (χ1v) is 5.16. The van der Waals surface area contributed by atoms with Crippen LogP contribution in [0.4, 0.5) is 5.69 Å². The number of nitrogens with two attached hydrogens (primary N) is 1. The van der Waals surface area contributed by atoms with Crippen molar-refractivity contribution in [3.05, 3.63) is 33.9 Å². The molecule has 0 heterocycles. The Morgan fingerprint density at radius 1 is 1.53 bits per heavy atom. The fraction of sp³-hybridized carbons (Fsp3) is 0.364. The van der Waals surface area contributed by atoms with Crippen molar-refractivity contribution in [2.24, 2.45) is 5.73 Å². The summed E-state index contributed by atoms with van der Waals surface area (Å²) in [7, 11) is 0. The predicted octanol–water partition coefficient (Wildman–Crippen LogP) is 1.74. The average Bonchev–Trinajstić information content (AvgIpc) is 2.34. The summed E-state index contributed by atoms with van der Waals surface area (Å²) < 4.78 is 5.41.